The molecule has 150 valence electrons. The first kappa shape index (κ1) is 20.5. The molecule has 0 aromatic heterocycles. The van der Waals surface area contributed by atoms with Gasteiger partial charge in [0.05, 0.1) is 22.5 Å². The standard InChI is InChI=1S/C20H23ClN2O4S/c1-4-23-17-9-8-16(11-18(17)27-13-20(2,3)19(23)24)22-28(25,26)12-14-6-5-7-15(21)10-14/h5-11,22H,4,12-13H2,1-3H3. The minimum Gasteiger partial charge on any atom is -0.490 e. The molecule has 0 unspecified atom stereocenters. The van der Waals surface area contributed by atoms with E-state index in [1.54, 1.807) is 47.4 Å². The second-order valence-electron chi connectivity index (χ2n) is 7.40. The van der Waals surface area contributed by atoms with Crippen LogP contribution in [0.1, 0.15) is 26.3 Å². The number of fused-ring (bicyclic) bond motifs is 1. The topological polar surface area (TPSA) is 75.7 Å². The molecule has 0 bridgehead atoms. The molecule has 1 aliphatic heterocycles. The molecule has 1 N–H and O–H groups in total. The lowest BCUT2D eigenvalue weighted by atomic mass is 9.93. The van der Waals surface area contributed by atoms with Gasteiger partial charge in [0.1, 0.15) is 12.4 Å². The summed E-state index contributed by atoms with van der Waals surface area (Å²) in [6.45, 7) is 6.27. The zero-order valence-corrected chi connectivity index (χ0v) is 17.6. The van der Waals surface area contributed by atoms with Gasteiger partial charge >= 0.3 is 0 Å². The SMILES string of the molecule is CCN1C(=O)C(C)(C)COc2cc(NS(=O)(=O)Cc3cccc(Cl)c3)ccc21. The minimum atomic E-state index is -3.64. The van der Waals surface area contributed by atoms with Gasteiger partial charge in [-0.2, -0.15) is 0 Å². The lowest BCUT2D eigenvalue weighted by Crippen LogP contribution is -2.42. The maximum atomic E-state index is 12.7. The maximum Gasteiger partial charge on any atom is 0.236 e. The number of nitrogens with one attached hydrogen (secondary N) is 1. The van der Waals surface area contributed by atoms with Crippen LogP contribution in [-0.4, -0.2) is 27.5 Å². The van der Waals surface area contributed by atoms with Crippen molar-refractivity contribution in [2.45, 2.75) is 26.5 Å². The van der Waals surface area contributed by atoms with E-state index >= 15 is 0 Å². The summed E-state index contributed by atoms with van der Waals surface area (Å²) in [6, 6.07) is 11.7. The van der Waals surface area contributed by atoms with Gasteiger partial charge in [-0.1, -0.05) is 23.7 Å². The third-order valence-corrected chi connectivity index (χ3v) is 5.99. The highest BCUT2D eigenvalue weighted by molar-refractivity contribution is 7.91. The third kappa shape index (κ3) is 4.42. The molecule has 1 aliphatic rings. The van der Waals surface area contributed by atoms with Crippen LogP contribution in [0, 0.1) is 5.41 Å². The predicted octanol–water partition coefficient (Wildman–Crippen LogP) is 4.05. The van der Waals surface area contributed by atoms with Crippen LogP contribution in [0.4, 0.5) is 11.4 Å². The highest BCUT2D eigenvalue weighted by Gasteiger charge is 2.37. The number of hydrogen-bond donors (Lipinski definition) is 1. The van der Waals surface area contributed by atoms with Gasteiger partial charge in [0.15, 0.2) is 0 Å². The minimum absolute atomic E-state index is 0.0250. The predicted molar refractivity (Wildman–Crippen MR) is 111 cm³/mol. The summed E-state index contributed by atoms with van der Waals surface area (Å²) >= 11 is 5.93. The van der Waals surface area contributed by atoms with Gasteiger partial charge in [0.2, 0.25) is 15.9 Å². The Bertz CT molecular complexity index is 1010. The van der Waals surface area contributed by atoms with Crippen LogP contribution in [0.15, 0.2) is 42.5 Å². The van der Waals surface area contributed by atoms with Crippen LogP contribution in [0.2, 0.25) is 5.02 Å². The van der Waals surface area contributed by atoms with Gasteiger partial charge in [-0.15, -0.1) is 0 Å². The fourth-order valence-corrected chi connectivity index (χ4v) is 4.48. The van der Waals surface area contributed by atoms with E-state index in [0.29, 0.717) is 34.3 Å². The van der Waals surface area contributed by atoms with Crippen molar-refractivity contribution in [3.05, 3.63) is 53.1 Å². The monoisotopic (exact) mass is 422 g/mol. The Kier molecular flexibility index (Phi) is 5.59. The lowest BCUT2D eigenvalue weighted by Gasteiger charge is -2.26. The number of rotatable bonds is 5. The summed E-state index contributed by atoms with van der Waals surface area (Å²) in [5.74, 6) is 0.254. The average molecular weight is 423 g/mol. The maximum absolute atomic E-state index is 12.7. The van der Waals surface area contributed by atoms with Gasteiger partial charge in [0.25, 0.3) is 0 Å². The molecule has 0 radical (unpaired) electrons. The van der Waals surface area contributed by atoms with Crippen molar-refractivity contribution in [1.29, 1.82) is 0 Å². The Morgan fingerprint density at radius 3 is 2.64 bits per heavy atom. The van der Waals surface area contributed by atoms with Crippen molar-refractivity contribution < 1.29 is 17.9 Å². The number of benzene rings is 2. The average Bonchev–Trinajstić information content (AvgIpc) is 2.69. The Balaban J connectivity index is 1.86. The number of amides is 1. The molecule has 0 saturated heterocycles. The van der Waals surface area contributed by atoms with Gasteiger partial charge in [-0.3, -0.25) is 9.52 Å². The third-order valence-electron chi connectivity index (χ3n) is 4.50. The van der Waals surface area contributed by atoms with E-state index in [1.807, 2.05) is 20.8 Å². The normalized spacial score (nSPS) is 16.1. The van der Waals surface area contributed by atoms with E-state index < -0.39 is 15.4 Å². The van der Waals surface area contributed by atoms with Gasteiger partial charge in [-0.05, 0) is 50.6 Å². The Hall–Kier alpha value is -2.25. The smallest absolute Gasteiger partial charge is 0.236 e. The van der Waals surface area contributed by atoms with Crippen LogP contribution >= 0.6 is 11.6 Å². The zero-order chi connectivity index (χ0) is 20.5. The van der Waals surface area contributed by atoms with Crippen LogP contribution in [0.25, 0.3) is 0 Å². The molecule has 6 nitrogen and oxygen atoms in total. The molecule has 8 heteroatoms. The van der Waals surface area contributed by atoms with Gasteiger partial charge in [-0.25, -0.2) is 8.42 Å². The van der Waals surface area contributed by atoms with E-state index in [0.717, 1.165) is 0 Å². The van der Waals surface area contributed by atoms with Crippen LogP contribution in [0.3, 0.4) is 0 Å². The van der Waals surface area contributed by atoms with E-state index in [1.165, 1.54) is 0 Å². The van der Waals surface area contributed by atoms with Crippen molar-refractivity contribution in [3.63, 3.8) is 0 Å². The zero-order valence-electron chi connectivity index (χ0n) is 16.0. The fourth-order valence-electron chi connectivity index (χ4n) is 3.09. The van der Waals surface area contributed by atoms with E-state index in [-0.39, 0.29) is 18.3 Å². The molecule has 0 spiro atoms. The first-order valence-corrected chi connectivity index (χ1v) is 11.0. The highest BCUT2D eigenvalue weighted by atomic mass is 35.5. The Morgan fingerprint density at radius 2 is 1.96 bits per heavy atom. The molecule has 2 aromatic carbocycles. The van der Waals surface area contributed by atoms with Crippen LogP contribution in [-0.2, 0) is 20.6 Å². The first-order chi connectivity index (χ1) is 13.1. The summed E-state index contributed by atoms with van der Waals surface area (Å²) in [4.78, 5) is 14.4. The number of carbonyl (C=O) groups is 1. The number of nitrogens with zero attached hydrogens (tertiary/aromatic N) is 1. The van der Waals surface area contributed by atoms with Crippen molar-refractivity contribution in [2.75, 3.05) is 22.8 Å². The van der Waals surface area contributed by atoms with Crippen molar-refractivity contribution >= 4 is 38.9 Å². The van der Waals surface area contributed by atoms with Gasteiger partial charge < -0.3 is 9.64 Å². The first-order valence-electron chi connectivity index (χ1n) is 8.95. The number of carbonyl (C=O) groups excluding carboxylic acids is 1. The second kappa shape index (κ2) is 7.64. The van der Waals surface area contributed by atoms with Gasteiger partial charge in [0, 0.05) is 17.6 Å². The number of sulfonamides is 1. The van der Waals surface area contributed by atoms with Crippen molar-refractivity contribution in [1.82, 2.24) is 0 Å². The molecule has 1 heterocycles. The summed E-state index contributed by atoms with van der Waals surface area (Å²) < 4.78 is 33.5. The highest BCUT2D eigenvalue weighted by Crippen LogP contribution is 2.38. The Morgan fingerprint density at radius 1 is 1.21 bits per heavy atom. The largest absolute Gasteiger partial charge is 0.490 e. The molecular weight excluding hydrogens is 400 g/mol. The molecular formula is C20H23ClN2O4S. The van der Waals surface area contributed by atoms with E-state index in [9.17, 15) is 13.2 Å². The molecule has 0 saturated carbocycles. The van der Waals surface area contributed by atoms with E-state index in [4.69, 9.17) is 16.3 Å². The number of hydrogen-bond acceptors (Lipinski definition) is 4. The molecule has 1 amide bonds. The summed E-state index contributed by atoms with van der Waals surface area (Å²) in [7, 11) is -3.64. The van der Waals surface area contributed by atoms with Crippen molar-refractivity contribution in [2.24, 2.45) is 5.41 Å². The quantitative estimate of drug-likeness (QED) is 0.788. The van der Waals surface area contributed by atoms with E-state index in [2.05, 4.69) is 4.72 Å². The van der Waals surface area contributed by atoms with Crippen LogP contribution < -0.4 is 14.4 Å². The summed E-state index contributed by atoms with van der Waals surface area (Å²) in [5, 5.41) is 0.484. The van der Waals surface area contributed by atoms with Crippen molar-refractivity contribution in [3.8, 4) is 5.75 Å². The molecule has 0 atom stereocenters. The molecule has 28 heavy (non-hydrogen) atoms. The molecule has 0 fully saturated rings. The lowest BCUT2D eigenvalue weighted by molar-refractivity contribution is -0.127. The second-order valence-corrected chi connectivity index (χ2v) is 9.55. The molecule has 3 rings (SSSR count). The molecule has 0 aliphatic carbocycles. The summed E-state index contributed by atoms with van der Waals surface area (Å²) in [5.41, 5.74) is 0.941. The number of ether oxygens (including phenoxy) is 1. The summed E-state index contributed by atoms with van der Waals surface area (Å²) in [6.07, 6.45) is 0. The fraction of sp³-hybridized carbons (Fsp3) is 0.350. The number of anilines is 2. The molecule has 2 aromatic rings. The van der Waals surface area contributed by atoms with Crippen LogP contribution in [0.5, 0.6) is 5.75 Å². The Labute approximate surface area is 170 Å². The number of halogens is 1.